The van der Waals surface area contributed by atoms with Crippen LogP contribution in [0.25, 0.3) is 10.2 Å². The van der Waals surface area contributed by atoms with E-state index in [4.69, 9.17) is 15.9 Å². The van der Waals surface area contributed by atoms with Gasteiger partial charge in [0.05, 0.1) is 16.8 Å². The molecule has 7 nitrogen and oxygen atoms in total. The molecule has 3 heterocycles. The summed E-state index contributed by atoms with van der Waals surface area (Å²) in [6.45, 7) is 4.43. The Morgan fingerprint density at radius 1 is 1.42 bits per heavy atom. The Kier molecular flexibility index (Phi) is 4.01. The van der Waals surface area contributed by atoms with Crippen molar-refractivity contribution in [3.05, 3.63) is 34.9 Å². The average Bonchev–Trinajstić information content (AvgIpc) is 3.32. The number of carbonyl (C=O) groups excluding carboxylic acids is 1. The van der Waals surface area contributed by atoms with Crippen LogP contribution in [0.5, 0.6) is 11.5 Å². The Morgan fingerprint density at radius 3 is 2.92 bits per heavy atom. The number of aromatic nitrogens is 3. The third kappa shape index (κ3) is 2.66. The van der Waals surface area contributed by atoms with Gasteiger partial charge in [-0.05, 0) is 19.9 Å². The quantitative estimate of drug-likeness (QED) is 0.666. The van der Waals surface area contributed by atoms with Crippen molar-refractivity contribution in [2.75, 3.05) is 6.79 Å². The lowest BCUT2D eigenvalue weighted by molar-refractivity contribution is 0.0986. The summed E-state index contributed by atoms with van der Waals surface area (Å²) in [6.07, 6.45) is 7.12. The average molecular weight is 368 g/mol. The predicted molar refractivity (Wildman–Crippen MR) is 97.3 cm³/mol. The minimum atomic E-state index is -0.353. The Labute approximate surface area is 153 Å². The standard InChI is InChI=1S/C18H16N4O3S/c1-4-7-21-13-8-14-15(25-10-24-14)9-16(13)26-18(21)20-17(23)12-5-6-19-22(12)11(2)3/h1,5-6,8-9,11H,7,10H2,2-3H3. The fraction of sp³-hybridized carbons (Fsp3) is 0.278. The third-order valence-corrected chi connectivity index (χ3v) is 5.04. The van der Waals surface area contributed by atoms with Gasteiger partial charge in [-0.2, -0.15) is 10.1 Å². The maximum atomic E-state index is 12.7. The first-order valence-electron chi connectivity index (χ1n) is 8.07. The van der Waals surface area contributed by atoms with Crippen LogP contribution in [0.3, 0.4) is 0 Å². The normalized spacial score (nSPS) is 13.5. The molecule has 0 saturated heterocycles. The van der Waals surface area contributed by atoms with Crippen LogP contribution in [-0.4, -0.2) is 27.0 Å². The zero-order valence-corrected chi connectivity index (χ0v) is 15.1. The molecular weight excluding hydrogens is 352 g/mol. The van der Waals surface area contributed by atoms with Crippen LogP contribution in [-0.2, 0) is 6.54 Å². The molecule has 0 radical (unpaired) electrons. The fourth-order valence-corrected chi connectivity index (χ4v) is 3.87. The largest absolute Gasteiger partial charge is 0.454 e. The highest BCUT2D eigenvalue weighted by atomic mass is 32.1. The van der Waals surface area contributed by atoms with E-state index in [0.717, 1.165) is 10.2 Å². The van der Waals surface area contributed by atoms with Crippen molar-refractivity contribution < 1.29 is 14.3 Å². The molecule has 4 rings (SSSR count). The van der Waals surface area contributed by atoms with Crippen LogP contribution < -0.4 is 14.3 Å². The summed E-state index contributed by atoms with van der Waals surface area (Å²) in [6, 6.07) is 5.49. The lowest BCUT2D eigenvalue weighted by Crippen LogP contribution is -2.18. The van der Waals surface area contributed by atoms with Gasteiger partial charge >= 0.3 is 0 Å². The van der Waals surface area contributed by atoms with E-state index in [-0.39, 0.29) is 18.7 Å². The number of carbonyl (C=O) groups is 1. The van der Waals surface area contributed by atoms with Gasteiger partial charge in [-0.15, -0.1) is 6.42 Å². The molecule has 0 spiro atoms. The maximum absolute atomic E-state index is 12.7. The molecule has 0 saturated carbocycles. The highest BCUT2D eigenvalue weighted by Crippen LogP contribution is 2.36. The van der Waals surface area contributed by atoms with E-state index in [1.165, 1.54) is 11.3 Å². The molecule has 0 fully saturated rings. The number of rotatable bonds is 3. The zero-order chi connectivity index (χ0) is 18.3. The minimum absolute atomic E-state index is 0.0664. The van der Waals surface area contributed by atoms with Crippen molar-refractivity contribution in [3.8, 4) is 23.8 Å². The van der Waals surface area contributed by atoms with Crippen molar-refractivity contribution in [2.24, 2.45) is 4.99 Å². The molecular formula is C18H16N4O3S. The summed E-state index contributed by atoms with van der Waals surface area (Å²) in [5, 5.41) is 4.19. The number of nitrogens with zero attached hydrogens (tertiary/aromatic N) is 4. The van der Waals surface area contributed by atoms with Gasteiger partial charge in [0.1, 0.15) is 5.69 Å². The number of fused-ring (bicyclic) bond motifs is 2. The molecule has 0 aliphatic carbocycles. The molecule has 0 unspecified atom stereocenters. The Morgan fingerprint density at radius 2 is 2.19 bits per heavy atom. The van der Waals surface area contributed by atoms with Gasteiger partial charge < -0.3 is 14.0 Å². The van der Waals surface area contributed by atoms with Gasteiger partial charge in [0, 0.05) is 24.4 Å². The van der Waals surface area contributed by atoms with Gasteiger partial charge in [0.25, 0.3) is 5.91 Å². The number of amides is 1. The zero-order valence-electron chi connectivity index (χ0n) is 14.3. The molecule has 1 amide bonds. The molecule has 0 atom stereocenters. The summed E-state index contributed by atoms with van der Waals surface area (Å²) in [7, 11) is 0. The number of ether oxygens (including phenoxy) is 2. The lowest BCUT2D eigenvalue weighted by Gasteiger charge is -2.07. The molecule has 1 aliphatic heterocycles. The summed E-state index contributed by atoms with van der Waals surface area (Å²) in [5.41, 5.74) is 1.31. The van der Waals surface area contributed by atoms with Crippen LogP contribution in [0.2, 0.25) is 0 Å². The van der Waals surface area contributed by atoms with Crippen molar-refractivity contribution in [2.45, 2.75) is 26.4 Å². The van der Waals surface area contributed by atoms with E-state index in [0.29, 0.717) is 28.5 Å². The second kappa shape index (κ2) is 6.35. The summed E-state index contributed by atoms with van der Waals surface area (Å²) < 4.78 is 15.3. The van der Waals surface area contributed by atoms with E-state index < -0.39 is 0 Å². The number of benzene rings is 1. The smallest absolute Gasteiger partial charge is 0.297 e. The van der Waals surface area contributed by atoms with E-state index in [2.05, 4.69) is 16.0 Å². The predicted octanol–water partition coefficient (Wildman–Crippen LogP) is 2.58. The first-order valence-corrected chi connectivity index (χ1v) is 8.89. The van der Waals surface area contributed by atoms with Gasteiger partial charge in [-0.3, -0.25) is 9.48 Å². The molecule has 26 heavy (non-hydrogen) atoms. The van der Waals surface area contributed by atoms with E-state index in [9.17, 15) is 4.79 Å². The van der Waals surface area contributed by atoms with Crippen LogP contribution in [0, 0.1) is 12.3 Å². The number of thiazole rings is 1. The molecule has 132 valence electrons. The summed E-state index contributed by atoms with van der Waals surface area (Å²) >= 11 is 1.38. The van der Waals surface area contributed by atoms with Gasteiger partial charge in [0.2, 0.25) is 6.79 Å². The summed E-state index contributed by atoms with van der Waals surface area (Å²) in [4.78, 5) is 17.5. The monoisotopic (exact) mass is 368 g/mol. The second-order valence-electron chi connectivity index (χ2n) is 6.02. The molecule has 1 aromatic carbocycles. The minimum Gasteiger partial charge on any atom is -0.454 e. The Balaban J connectivity index is 1.86. The molecule has 0 N–H and O–H groups in total. The van der Waals surface area contributed by atoms with Crippen molar-refractivity contribution in [1.82, 2.24) is 14.3 Å². The Bertz CT molecular complexity index is 1110. The Hall–Kier alpha value is -3.05. The highest BCUT2D eigenvalue weighted by Gasteiger charge is 2.19. The topological polar surface area (TPSA) is 70.6 Å². The molecule has 3 aromatic rings. The van der Waals surface area contributed by atoms with Gasteiger partial charge in [-0.25, -0.2) is 0 Å². The second-order valence-corrected chi connectivity index (χ2v) is 7.03. The molecule has 1 aliphatic rings. The van der Waals surface area contributed by atoms with Crippen LogP contribution in [0.4, 0.5) is 0 Å². The first-order chi connectivity index (χ1) is 12.6. The van der Waals surface area contributed by atoms with E-state index >= 15 is 0 Å². The lowest BCUT2D eigenvalue weighted by atomic mass is 10.3. The number of hydrogen-bond acceptors (Lipinski definition) is 5. The molecule has 8 heteroatoms. The maximum Gasteiger partial charge on any atom is 0.297 e. The van der Waals surface area contributed by atoms with Crippen LogP contribution >= 0.6 is 11.3 Å². The number of terminal acetylenes is 1. The first kappa shape index (κ1) is 16.4. The van der Waals surface area contributed by atoms with Crippen molar-refractivity contribution >= 4 is 27.5 Å². The summed E-state index contributed by atoms with van der Waals surface area (Å²) in [5.74, 6) is 3.61. The fourth-order valence-electron chi connectivity index (χ4n) is 2.83. The highest BCUT2D eigenvalue weighted by molar-refractivity contribution is 7.16. The van der Waals surface area contributed by atoms with Crippen LogP contribution in [0.15, 0.2) is 29.4 Å². The SMILES string of the molecule is C#CCn1c(=NC(=O)c2ccnn2C(C)C)sc2cc3c(cc21)OCO3. The van der Waals surface area contributed by atoms with Gasteiger partial charge in [0.15, 0.2) is 16.3 Å². The molecule has 0 bridgehead atoms. The number of hydrogen-bond donors (Lipinski definition) is 0. The van der Waals surface area contributed by atoms with Crippen molar-refractivity contribution in [1.29, 1.82) is 0 Å². The van der Waals surface area contributed by atoms with Crippen LogP contribution in [0.1, 0.15) is 30.4 Å². The molecule has 2 aromatic heterocycles. The third-order valence-electron chi connectivity index (χ3n) is 4.00. The van der Waals surface area contributed by atoms with E-state index in [1.54, 1.807) is 16.9 Å². The van der Waals surface area contributed by atoms with E-state index in [1.807, 2.05) is 30.5 Å². The van der Waals surface area contributed by atoms with Crippen molar-refractivity contribution in [3.63, 3.8) is 0 Å². The van der Waals surface area contributed by atoms with Gasteiger partial charge in [-0.1, -0.05) is 17.3 Å².